The van der Waals surface area contributed by atoms with E-state index in [1.165, 1.54) is 4.90 Å². The number of benzene rings is 2. The Labute approximate surface area is 141 Å². The first-order valence-electron chi connectivity index (χ1n) is 6.03. The van der Waals surface area contributed by atoms with Crippen molar-refractivity contribution in [2.75, 3.05) is 11.9 Å². The minimum Gasteiger partial charge on any atom is -0.389 e. The molecule has 21 heavy (non-hydrogen) atoms. The van der Waals surface area contributed by atoms with Crippen LogP contribution in [0.3, 0.4) is 0 Å². The van der Waals surface area contributed by atoms with Gasteiger partial charge in [-0.1, -0.05) is 36.0 Å². The lowest BCUT2D eigenvalue weighted by atomic mass is 10.1. The summed E-state index contributed by atoms with van der Waals surface area (Å²) < 4.78 is 0.639. The SMILES string of the molecule is CN(C(=O)c1ccc(Cl)cc1Br)c1ccccc1C(N)=S. The van der Waals surface area contributed by atoms with Crippen LogP contribution in [0.5, 0.6) is 0 Å². The fourth-order valence-electron chi connectivity index (χ4n) is 1.93. The van der Waals surface area contributed by atoms with Gasteiger partial charge in [0.1, 0.15) is 4.99 Å². The molecule has 0 saturated carbocycles. The topological polar surface area (TPSA) is 46.3 Å². The second kappa shape index (κ2) is 6.56. The summed E-state index contributed by atoms with van der Waals surface area (Å²) in [5.74, 6) is -0.178. The van der Waals surface area contributed by atoms with E-state index in [2.05, 4.69) is 15.9 Å². The van der Waals surface area contributed by atoms with E-state index in [9.17, 15) is 4.79 Å². The number of thiocarbonyl (C=S) groups is 1. The normalized spacial score (nSPS) is 10.2. The van der Waals surface area contributed by atoms with Gasteiger partial charge in [0.2, 0.25) is 0 Å². The molecule has 2 rings (SSSR count). The highest BCUT2D eigenvalue weighted by Crippen LogP contribution is 2.26. The summed E-state index contributed by atoms with van der Waals surface area (Å²) in [5.41, 5.74) is 7.55. The highest BCUT2D eigenvalue weighted by Gasteiger charge is 2.19. The number of hydrogen-bond donors (Lipinski definition) is 1. The van der Waals surface area contributed by atoms with Gasteiger partial charge in [-0.3, -0.25) is 4.79 Å². The molecule has 0 aromatic heterocycles. The third-order valence-corrected chi connectivity index (χ3v) is 4.11. The van der Waals surface area contributed by atoms with Gasteiger partial charge in [0.25, 0.3) is 5.91 Å². The van der Waals surface area contributed by atoms with E-state index in [0.717, 1.165) is 0 Å². The van der Waals surface area contributed by atoms with Crippen LogP contribution in [0.4, 0.5) is 5.69 Å². The van der Waals surface area contributed by atoms with Gasteiger partial charge in [0, 0.05) is 22.1 Å². The highest BCUT2D eigenvalue weighted by atomic mass is 79.9. The fourth-order valence-corrected chi connectivity index (χ4v) is 2.95. The van der Waals surface area contributed by atoms with E-state index >= 15 is 0 Å². The summed E-state index contributed by atoms with van der Waals surface area (Å²) in [4.78, 5) is 14.4. The van der Waals surface area contributed by atoms with Gasteiger partial charge in [-0.25, -0.2) is 0 Å². The van der Waals surface area contributed by atoms with Crippen molar-refractivity contribution < 1.29 is 4.79 Å². The maximum Gasteiger partial charge on any atom is 0.259 e. The van der Waals surface area contributed by atoms with Gasteiger partial charge in [0.05, 0.1) is 11.3 Å². The number of amides is 1. The van der Waals surface area contributed by atoms with Crippen molar-refractivity contribution in [1.29, 1.82) is 0 Å². The molecule has 0 heterocycles. The van der Waals surface area contributed by atoms with Crippen LogP contribution in [0.25, 0.3) is 0 Å². The van der Waals surface area contributed by atoms with Crippen LogP contribution in [0, 0.1) is 0 Å². The van der Waals surface area contributed by atoms with Crippen molar-refractivity contribution in [2.24, 2.45) is 5.73 Å². The van der Waals surface area contributed by atoms with Crippen LogP contribution in [0.1, 0.15) is 15.9 Å². The first-order valence-corrected chi connectivity index (χ1v) is 7.61. The molecule has 0 aliphatic heterocycles. The van der Waals surface area contributed by atoms with Crippen LogP contribution < -0.4 is 10.6 Å². The van der Waals surface area contributed by atoms with E-state index in [0.29, 0.717) is 26.3 Å². The second-order valence-corrected chi connectivity index (χ2v) is 6.10. The largest absolute Gasteiger partial charge is 0.389 e. The molecular weight excluding hydrogens is 372 g/mol. The van der Waals surface area contributed by atoms with Crippen LogP contribution >= 0.6 is 39.7 Å². The first-order chi connectivity index (χ1) is 9.91. The molecule has 108 valence electrons. The summed E-state index contributed by atoms with van der Waals surface area (Å²) in [6.07, 6.45) is 0. The fraction of sp³-hybridized carbons (Fsp3) is 0.0667. The van der Waals surface area contributed by atoms with Crippen LogP contribution in [-0.2, 0) is 0 Å². The molecule has 0 saturated heterocycles. The summed E-state index contributed by atoms with van der Waals surface area (Å²) >= 11 is 14.3. The predicted octanol–water partition coefficient (Wildman–Crippen LogP) is 4.01. The van der Waals surface area contributed by atoms with Crippen LogP contribution in [0.15, 0.2) is 46.9 Å². The van der Waals surface area contributed by atoms with Gasteiger partial charge < -0.3 is 10.6 Å². The maximum atomic E-state index is 12.6. The molecule has 0 bridgehead atoms. The Balaban J connectivity index is 2.42. The zero-order chi connectivity index (χ0) is 15.6. The standard InChI is InChI=1S/C15H12BrClN2OS/c1-19(13-5-3-2-4-11(13)14(18)21)15(20)10-7-6-9(17)8-12(10)16/h2-8H,1H3,(H2,18,21). The van der Waals surface area contributed by atoms with E-state index in [1.54, 1.807) is 37.4 Å². The molecule has 1 amide bonds. The lowest BCUT2D eigenvalue weighted by Crippen LogP contribution is -2.29. The highest BCUT2D eigenvalue weighted by molar-refractivity contribution is 9.10. The van der Waals surface area contributed by atoms with Crippen molar-refractivity contribution in [1.82, 2.24) is 0 Å². The number of nitrogens with zero attached hydrogens (tertiary/aromatic N) is 1. The molecule has 0 aliphatic carbocycles. The molecular formula is C15H12BrClN2OS. The lowest BCUT2D eigenvalue weighted by Gasteiger charge is -2.21. The molecule has 0 unspecified atom stereocenters. The van der Waals surface area contributed by atoms with Crippen molar-refractivity contribution in [3.05, 3.63) is 63.1 Å². The minimum absolute atomic E-state index is 0.178. The molecule has 0 aliphatic rings. The number of anilines is 1. The van der Waals surface area contributed by atoms with Crippen LogP contribution in [0.2, 0.25) is 5.02 Å². The second-order valence-electron chi connectivity index (χ2n) is 4.37. The Morgan fingerprint density at radius 3 is 2.52 bits per heavy atom. The number of nitrogens with two attached hydrogens (primary N) is 1. The third-order valence-electron chi connectivity index (χ3n) is 3.00. The molecule has 2 N–H and O–H groups in total. The number of rotatable bonds is 3. The quantitative estimate of drug-likeness (QED) is 0.815. The van der Waals surface area contributed by atoms with E-state index in [-0.39, 0.29) is 10.9 Å². The first kappa shape index (κ1) is 15.9. The van der Waals surface area contributed by atoms with E-state index in [4.69, 9.17) is 29.6 Å². The zero-order valence-electron chi connectivity index (χ0n) is 11.1. The Bertz CT molecular complexity index is 721. The molecule has 0 fully saturated rings. The molecule has 3 nitrogen and oxygen atoms in total. The number of para-hydroxylation sites is 1. The van der Waals surface area contributed by atoms with Crippen molar-refractivity contribution in [3.8, 4) is 0 Å². The lowest BCUT2D eigenvalue weighted by molar-refractivity contribution is 0.0992. The molecule has 2 aromatic rings. The number of carbonyl (C=O) groups excluding carboxylic acids is 1. The Hall–Kier alpha value is -1.43. The molecule has 6 heteroatoms. The number of halogens is 2. The van der Waals surface area contributed by atoms with Crippen LogP contribution in [-0.4, -0.2) is 17.9 Å². The van der Waals surface area contributed by atoms with Gasteiger partial charge in [0.15, 0.2) is 0 Å². The number of carbonyl (C=O) groups is 1. The Morgan fingerprint density at radius 1 is 1.24 bits per heavy atom. The van der Waals surface area contributed by atoms with E-state index in [1.807, 2.05) is 12.1 Å². The maximum absolute atomic E-state index is 12.6. The average molecular weight is 384 g/mol. The predicted molar refractivity (Wildman–Crippen MR) is 94.2 cm³/mol. The smallest absolute Gasteiger partial charge is 0.259 e. The molecule has 2 aromatic carbocycles. The summed E-state index contributed by atoms with van der Waals surface area (Å²) in [6.45, 7) is 0. The third kappa shape index (κ3) is 3.43. The van der Waals surface area contributed by atoms with Gasteiger partial charge >= 0.3 is 0 Å². The monoisotopic (exact) mass is 382 g/mol. The molecule has 0 atom stereocenters. The summed E-state index contributed by atoms with van der Waals surface area (Å²) in [6, 6.07) is 12.3. The van der Waals surface area contributed by atoms with Crippen molar-refractivity contribution in [2.45, 2.75) is 0 Å². The average Bonchev–Trinajstić information content (AvgIpc) is 2.45. The Kier molecular flexibility index (Phi) is 4.98. The van der Waals surface area contributed by atoms with E-state index < -0.39 is 0 Å². The minimum atomic E-state index is -0.178. The van der Waals surface area contributed by atoms with Crippen molar-refractivity contribution >= 4 is 56.3 Å². The zero-order valence-corrected chi connectivity index (χ0v) is 14.3. The van der Waals surface area contributed by atoms with Gasteiger partial charge in [-0.05, 0) is 46.3 Å². The number of hydrogen-bond acceptors (Lipinski definition) is 2. The Morgan fingerprint density at radius 2 is 1.90 bits per heavy atom. The van der Waals surface area contributed by atoms with Gasteiger partial charge in [-0.2, -0.15) is 0 Å². The molecule has 0 radical (unpaired) electrons. The summed E-state index contributed by atoms with van der Waals surface area (Å²) in [5, 5.41) is 0.560. The summed E-state index contributed by atoms with van der Waals surface area (Å²) in [7, 11) is 1.68. The molecule has 0 spiro atoms. The van der Waals surface area contributed by atoms with Gasteiger partial charge in [-0.15, -0.1) is 0 Å². The van der Waals surface area contributed by atoms with Crippen molar-refractivity contribution in [3.63, 3.8) is 0 Å².